The Hall–Kier alpha value is -1.92. The second kappa shape index (κ2) is 7.76. The van der Waals surface area contributed by atoms with E-state index in [0.717, 1.165) is 49.6 Å². The topological polar surface area (TPSA) is 57.3 Å². The van der Waals surface area contributed by atoms with E-state index in [2.05, 4.69) is 50.2 Å². The summed E-state index contributed by atoms with van der Waals surface area (Å²) in [6.07, 6.45) is 3.94. The number of anilines is 1. The van der Waals surface area contributed by atoms with Gasteiger partial charge in [-0.15, -0.1) is 11.3 Å². The summed E-state index contributed by atoms with van der Waals surface area (Å²) in [6, 6.07) is 9.66. The summed E-state index contributed by atoms with van der Waals surface area (Å²) >= 11 is 1.69. The summed E-state index contributed by atoms with van der Waals surface area (Å²) < 4.78 is 0. The number of carbonyl (C=O) groups excluding carboxylic acids is 1. The monoisotopic (exact) mass is 370 g/mol. The highest BCUT2D eigenvalue weighted by Gasteiger charge is 2.23. The summed E-state index contributed by atoms with van der Waals surface area (Å²) in [5.41, 5.74) is 3.55. The SMILES string of the molecule is Cc1nc(-c2ccc(N3CCC(NCC4CCC(=O)N4)CC3)cc2)cs1. The number of rotatable bonds is 5. The molecular weight excluding hydrogens is 344 g/mol. The zero-order valence-corrected chi connectivity index (χ0v) is 16.0. The molecule has 0 radical (unpaired) electrons. The van der Waals surface area contributed by atoms with Crippen LogP contribution in [0.15, 0.2) is 29.6 Å². The Balaban J connectivity index is 1.27. The van der Waals surface area contributed by atoms with Crippen LogP contribution in [0.4, 0.5) is 5.69 Å². The lowest BCUT2D eigenvalue weighted by atomic mass is 10.0. The third kappa shape index (κ3) is 4.07. The molecule has 4 rings (SSSR count). The van der Waals surface area contributed by atoms with Crippen LogP contribution in [0.3, 0.4) is 0 Å². The Kier molecular flexibility index (Phi) is 5.22. The number of hydrogen-bond acceptors (Lipinski definition) is 5. The third-order valence-corrected chi connectivity index (χ3v) is 6.15. The zero-order chi connectivity index (χ0) is 17.9. The Morgan fingerprint density at radius 3 is 2.62 bits per heavy atom. The minimum Gasteiger partial charge on any atom is -0.371 e. The maximum absolute atomic E-state index is 11.3. The van der Waals surface area contributed by atoms with Gasteiger partial charge in [-0.2, -0.15) is 0 Å². The van der Waals surface area contributed by atoms with E-state index in [9.17, 15) is 4.79 Å². The normalized spacial score (nSPS) is 21.2. The molecule has 1 aromatic carbocycles. The first-order chi connectivity index (χ1) is 12.7. The quantitative estimate of drug-likeness (QED) is 0.850. The van der Waals surface area contributed by atoms with Crippen molar-refractivity contribution in [1.29, 1.82) is 0 Å². The predicted molar refractivity (Wildman–Crippen MR) is 107 cm³/mol. The second-order valence-electron chi connectivity index (χ2n) is 7.27. The van der Waals surface area contributed by atoms with Crippen molar-refractivity contribution >= 4 is 22.9 Å². The van der Waals surface area contributed by atoms with Crippen LogP contribution in [0.2, 0.25) is 0 Å². The summed E-state index contributed by atoms with van der Waals surface area (Å²) in [5.74, 6) is 0.197. The number of nitrogens with one attached hydrogen (secondary N) is 2. The molecule has 2 aromatic rings. The number of carbonyl (C=O) groups is 1. The van der Waals surface area contributed by atoms with Crippen molar-refractivity contribution in [2.24, 2.45) is 0 Å². The Labute approximate surface area is 158 Å². The van der Waals surface area contributed by atoms with E-state index in [1.165, 1.54) is 11.3 Å². The van der Waals surface area contributed by atoms with Crippen molar-refractivity contribution in [3.63, 3.8) is 0 Å². The fraction of sp³-hybridized carbons (Fsp3) is 0.500. The number of amides is 1. The van der Waals surface area contributed by atoms with Crippen LogP contribution < -0.4 is 15.5 Å². The molecule has 0 bridgehead atoms. The average molecular weight is 371 g/mol. The van der Waals surface area contributed by atoms with Gasteiger partial charge in [-0.25, -0.2) is 4.98 Å². The molecule has 1 atom stereocenters. The van der Waals surface area contributed by atoms with Gasteiger partial charge in [0.1, 0.15) is 0 Å². The van der Waals surface area contributed by atoms with Gasteiger partial charge < -0.3 is 15.5 Å². The largest absolute Gasteiger partial charge is 0.371 e. The molecule has 138 valence electrons. The molecular formula is C20H26N4OS. The maximum atomic E-state index is 11.3. The van der Waals surface area contributed by atoms with E-state index in [1.807, 2.05) is 6.92 Å². The molecule has 0 aliphatic carbocycles. The minimum absolute atomic E-state index is 0.197. The van der Waals surface area contributed by atoms with Crippen LogP contribution >= 0.6 is 11.3 Å². The van der Waals surface area contributed by atoms with Crippen molar-refractivity contribution in [3.05, 3.63) is 34.7 Å². The molecule has 26 heavy (non-hydrogen) atoms. The van der Waals surface area contributed by atoms with Crippen LogP contribution in [0, 0.1) is 6.92 Å². The van der Waals surface area contributed by atoms with Gasteiger partial charge >= 0.3 is 0 Å². The van der Waals surface area contributed by atoms with Gasteiger partial charge in [0.2, 0.25) is 5.91 Å². The third-order valence-electron chi connectivity index (χ3n) is 5.38. The standard InChI is InChI=1S/C20H26N4OS/c1-14-22-19(13-26-14)15-2-5-18(6-3-15)24-10-8-16(9-11-24)21-12-17-4-7-20(25)23-17/h2-3,5-6,13,16-17,21H,4,7-12H2,1H3,(H,23,25). The molecule has 0 spiro atoms. The van der Waals surface area contributed by atoms with Crippen molar-refractivity contribution in [3.8, 4) is 11.3 Å². The first-order valence-electron chi connectivity index (χ1n) is 9.47. The molecule has 1 unspecified atom stereocenters. The van der Waals surface area contributed by atoms with Gasteiger partial charge in [0.15, 0.2) is 0 Å². The van der Waals surface area contributed by atoms with Gasteiger partial charge in [0, 0.05) is 54.8 Å². The summed E-state index contributed by atoms with van der Waals surface area (Å²) in [6.45, 7) is 5.09. The summed E-state index contributed by atoms with van der Waals surface area (Å²) in [5, 5.41) is 9.90. The minimum atomic E-state index is 0.197. The van der Waals surface area contributed by atoms with Crippen molar-refractivity contribution < 1.29 is 4.79 Å². The fourth-order valence-corrected chi connectivity index (χ4v) is 4.44. The van der Waals surface area contributed by atoms with Crippen LogP contribution in [-0.4, -0.2) is 42.6 Å². The summed E-state index contributed by atoms with van der Waals surface area (Å²) in [4.78, 5) is 18.3. The smallest absolute Gasteiger partial charge is 0.220 e. The van der Waals surface area contributed by atoms with E-state index in [4.69, 9.17) is 0 Å². The molecule has 2 aliphatic rings. The van der Waals surface area contributed by atoms with E-state index < -0.39 is 0 Å². The first-order valence-corrected chi connectivity index (χ1v) is 10.4. The molecule has 1 amide bonds. The van der Waals surface area contributed by atoms with Gasteiger partial charge in [-0.1, -0.05) is 12.1 Å². The summed E-state index contributed by atoms with van der Waals surface area (Å²) in [7, 11) is 0. The van der Waals surface area contributed by atoms with Gasteiger partial charge in [-0.05, 0) is 38.3 Å². The Morgan fingerprint density at radius 1 is 1.23 bits per heavy atom. The zero-order valence-electron chi connectivity index (χ0n) is 15.2. The first kappa shape index (κ1) is 17.5. The molecule has 1 aromatic heterocycles. The molecule has 5 nitrogen and oxygen atoms in total. The molecule has 3 heterocycles. The number of hydrogen-bond donors (Lipinski definition) is 2. The van der Waals surface area contributed by atoms with Crippen molar-refractivity contribution in [2.75, 3.05) is 24.5 Å². The highest BCUT2D eigenvalue weighted by Crippen LogP contribution is 2.26. The van der Waals surface area contributed by atoms with E-state index >= 15 is 0 Å². The number of piperidine rings is 1. The number of aryl methyl sites for hydroxylation is 1. The second-order valence-corrected chi connectivity index (χ2v) is 8.33. The Bertz CT molecular complexity index is 749. The lowest BCUT2D eigenvalue weighted by molar-refractivity contribution is -0.119. The van der Waals surface area contributed by atoms with Crippen molar-refractivity contribution in [1.82, 2.24) is 15.6 Å². The molecule has 2 aliphatic heterocycles. The van der Waals surface area contributed by atoms with E-state index in [1.54, 1.807) is 11.3 Å². The average Bonchev–Trinajstić information content (AvgIpc) is 3.29. The predicted octanol–water partition coefficient (Wildman–Crippen LogP) is 2.96. The molecule has 2 saturated heterocycles. The lowest BCUT2D eigenvalue weighted by Crippen LogP contribution is -2.46. The molecule has 6 heteroatoms. The molecule has 0 saturated carbocycles. The van der Waals surface area contributed by atoms with E-state index in [0.29, 0.717) is 18.5 Å². The number of aromatic nitrogens is 1. The molecule has 2 fully saturated rings. The van der Waals surface area contributed by atoms with Gasteiger partial charge in [0.25, 0.3) is 0 Å². The van der Waals surface area contributed by atoms with Gasteiger partial charge in [0.05, 0.1) is 10.7 Å². The van der Waals surface area contributed by atoms with Crippen LogP contribution in [0.5, 0.6) is 0 Å². The number of benzene rings is 1. The van der Waals surface area contributed by atoms with Crippen LogP contribution in [-0.2, 0) is 4.79 Å². The lowest BCUT2D eigenvalue weighted by Gasteiger charge is -2.34. The van der Waals surface area contributed by atoms with Crippen LogP contribution in [0.1, 0.15) is 30.7 Å². The highest BCUT2D eigenvalue weighted by molar-refractivity contribution is 7.09. The molecule has 2 N–H and O–H groups in total. The van der Waals surface area contributed by atoms with Crippen molar-refractivity contribution in [2.45, 2.75) is 44.7 Å². The van der Waals surface area contributed by atoms with Gasteiger partial charge in [-0.3, -0.25) is 4.79 Å². The fourth-order valence-electron chi connectivity index (χ4n) is 3.82. The number of nitrogens with zero attached hydrogens (tertiary/aromatic N) is 2. The maximum Gasteiger partial charge on any atom is 0.220 e. The number of thiazole rings is 1. The van der Waals surface area contributed by atoms with E-state index in [-0.39, 0.29) is 5.91 Å². The Morgan fingerprint density at radius 2 is 2.00 bits per heavy atom. The van der Waals surface area contributed by atoms with Crippen LogP contribution in [0.25, 0.3) is 11.3 Å². The highest BCUT2D eigenvalue weighted by atomic mass is 32.1.